The summed E-state index contributed by atoms with van der Waals surface area (Å²) < 4.78 is 1.96. The molecular formula is C7H12N4S. The second-order valence-electron chi connectivity index (χ2n) is 2.96. The van der Waals surface area contributed by atoms with Gasteiger partial charge in [0.1, 0.15) is 6.33 Å². The highest BCUT2D eigenvalue weighted by molar-refractivity contribution is 7.99. The molecule has 0 amide bonds. The van der Waals surface area contributed by atoms with Gasteiger partial charge < -0.3 is 9.88 Å². The first-order valence-electron chi connectivity index (χ1n) is 4.07. The molecule has 1 unspecified atom stereocenters. The van der Waals surface area contributed by atoms with Crippen LogP contribution in [0.5, 0.6) is 0 Å². The summed E-state index contributed by atoms with van der Waals surface area (Å²) in [5.41, 5.74) is 0. The maximum absolute atomic E-state index is 4.03. The van der Waals surface area contributed by atoms with Crippen molar-refractivity contribution in [1.82, 2.24) is 20.1 Å². The molecule has 1 fully saturated rings. The largest absolute Gasteiger partial charge is 0.316 e. The van der Waals surface area contributed by atoms with E-state index < -0.39 is 0 Å². The first-order chi connectivity index (χ1) is 5.86. The first kappa shape index (κ1) is 8.07. The Balaban J connectivity index is 1.98. The van der Waals surface area contributed by atoms with Crippen LogP contribution in [0.3, 0.4) is 0 Å². The van der Waals surface area contributed by atoms with Crippen molar-refractivity contribution in [3.63, 3.8) is 0 Å². The number of aryl methyl sites for hydroxylation is 1. The van der Waals surface area contributed by atoms with E-state index in [1.54, 1.807) is 6.33 Å². The number of thioether (sulfide) groups is 1. The Kier molecular flexibility index (Phi) is 2.32. The SMILES string of the molecule is Cn1cnnc1SC1CCNC1. The number of hydrogen-bond acceptors (Lipinski definition) is 4. The smallest absolute Gasteiger partial charge is 0.191 e. The predicted molar refractivity (Wildman–Crippen MR) is 48.1 cm³/mol. The molecule has 0 bridgehead atoms. The number of nitrogens with one attached hydrogen (secondary N) is 1. The lowest BCUT2D eigenvalue weighted by molar-refractivity contribution is 0.781. The van der Waals surface area contributed by atoms with Gasteiger partial charge in [-0.2, -0.15) is 0 Å². The lowest BCUT2D eigenvalue weighted by Crippen LogP contribution is -2.10. The maximum Gasteiger partial charge on any atom is 0.191 e. The van der Waals surface area contributed by atoms with E-state index in [0.717, 1.165) is 18.2 Å². The van der Waals surface area contributed by atoms with E-state index in [-0.39, 0.29) is 0 Å². The van der Waals surface area contributed by atoms with Crippen LogP contribution in [-0.4, -0.2) is 33.1 Å². The minimum Gasteiger partial charge on any atom is -0.316 e. The number of nitrogens with zero attached hydrogens (tertiary/aromatic N) is 3. The Hall–Kier alpha value is -0.550. The highest BCUT2D eigenvalue weighted by Crippen LogP contribution is 2.23. The molecule has 12 heavy (non-hydrogen) atoms. The minimum absolute atomic E-state index is 0.674. The summed E-state index contributed by atoms with van der Waals surface area (Å²) in [5, 5.41) is 12.9. The van der Waals surface area contributed by atoms with Crippen LogP contribution in [0, 0.1) is 0 Å². The van der Waals surface area contributed by atoms with Crippen LogP contribution in [0.2, 0.25) is 0 Å². The van der Waals surface area contributed by atoms with Gasteiger partial charge in [-0.05, 0) is 13.0 Å². The second kappa shape index (κ2) is 3.45. The molecule has 0 radical (unpaired) electrons. The molecule has 4 nitrogen and oxygen atoms in total. The second-order valence-corrected chi connectivity index (χ2v) is 4.22. The molecule has 2 rings (SSSR count). The van der Waals surface area contributed by atoms with Crippen molar-refractivity contribution in [3.05, 3.63) is 6.33 Å². The van der Waals surface area contributed by atoms with Crippen LogP contribution in [0.1, 0.15) is 6.42 Å². The molecule has 0 spiro atoms. The van der Waals surface area contributed by atoms with Crippen molar-refractivity contribution in [2.75, 3.05) is 13.1 Å². The molecule has 2 heterocycles. The number of aromatic nitrogens is 3. The summed E-state index contributed by atoms with van der Waals surface area (Å²) in [5.74, 6) is 0. The van der Waals surface area contributed by atoms with Crippen molar-refractivity contribution in [2.45, 2.75) is 16.8 Å². The number of rotatable bonds is 2. The van der Waals surface area contributed by atoms with Crippen LogP contribution in [-0.2, 0) is 7.05 Å². The normalized spacial score (nSPS) is 23.2. The summed E-state index contributed by atoms with van der Waals surface area (Å²) in [6, 6.07) is 0. The van der Waals surface area contributed by atoms with Crippen LogP contribution in [0.4, 0.5) is 0 Å². The van der Waals surface area contributed by atoms with Crippen molar-refractivity contribution in [1.29, 1.82) is 0 Å². The highest BCUT2D eigenvalue weighted by Gasteiger charge is 2.17. The Bertz CT molecular complexity index is 254. The van der Waals surface area contributed by atoms with Gasteiger partial charge in [0.2, 0.25) is 0 Å². The van der Waals surface area contributed by atoms with Crippen molar-refractivity contribution < 1.29 is 0 Å². The van der Waals surface area contributed by atoms with Gasteiger partial charge in [-0.15, -0.1) is 10.2 Å². The summed E-state index contributed by atoms with van der Waals surface area (Å²) in [6.07, 6.45) is 2.97. The van der Waals surface area contributed by atoms with E-state index in [2.05, 4.69) is 15.5 Å². The topological polar surface area (TPSA) is 42.7 Å². The molecule has 1 aromatic rings. The van der Waals surface area contributed by atoms with E-state index in [0.29, 0.717) is 5.25 Å². The third-order valence-corrected chi connectivity index (χ3v) is 3.27. The molecule has 0 saturated carbocycles. The monoisotopic (exact) mass is 184 g/mol. The molecule has 0 aromatic carbocycles. The molecule has 1 aliphatic heterocycles. The third kappa shape index (κ3) is 1.61. The zero-order valence-electron chi connectivity index (χ0n) is 7.03. The third-order valence-electron chi connectivity index (χ3n) is 1.96. The highest BCUT2D eigenvalue weighted by atomic mass is 32.2. The van der Waals surface area contributed by atoms with Crippen molar-refractivity contribution >= 4 is 11.8 Å². The average molecular weight is 184 g/mol. The molecule has 1 aliphatic rings. The van der Waals surface area contributed by atoms with E-state index in [1.165, 1.54) is 6.42 Å². The van der Waals surface area contributed by atoms with Gasteiger partial charge >= 0.3 is 0 Å². The lowest BCUT2D eigenvalue weighted by atomic mass is 10.4. The molecule has 1 atom stereocenters. The first-order valence-corrected chi connectivity index (χ1v) is 4.95. The Morgan fingerprint density at radius 2 is 2.67 bits per heavy atom. The fourth-order valence-electron chi connectivity index (χ4n) is 1.26. The molecule has 1 N–H and O–H groups in total. The molecule has 0 aliphatic carbocycles. The maximum atomic E-state index is 4.03. The quantitative estimate of drug-likeness (QED) is 0.716. The van der Waals surface area contributed by atoms with Crippen molar-refractivity contribution in [2.24, 2.45) is 7.05 Å². The Morgan fingerprint density at radius 1 is 1.75 bits per heavy atom. The molecular weight excluding hydrogens is 172 g/mol. The molecule has 1 saturated heterocycles. The van der Waals surface area contributed by atoms with Gasteiger partial charge in [-0.1, -0.05) is 11.8 Å². The van der Waals surface area contributed by atoms with Gasteiger partial charge in [0.05, 0.1) is 0 Å². The Labute approximate surface area is 75.8 Å². The summed E-state index contributed by atoms with van der Waals surface area (Å²) >= 11 is 1.81. The standard InChI is InChI=1S/C7H12N4S/c1-11-5-9-10-7(11)12-6-2-3-8-4-6/h5-6,8H,2-4H2,1H3. The zero-order chi connectivity index (χ0) is 8.39. The van der Waals surface area contributed by atoms with Gasteiger partial charge in [-0.3, -0.25) is 0 Å². The summed E-state index contributed by atoms with van der Waals surface area (Å²) in [6.45, 7) is 2.23. The molecule has 66 valence electrons. The van der Waals surface area contributed by atoms with Crippen LogP contribution < -0.4 is 5.32 Å². The predicted octanol–water partition coefficient (Wildman–Crippen LogP) is 0.269. The van der Waals surface area contributed by atoms with Crippen LogP contribution in [0.25, 0.3) is 0 Å². The molecule has 1 aromatic heterocycles. The van der Waals surface area contributed by atoms with Crippen molar-refractivity contribution in [3.8, 4) is 0 Å². The van der Waals surface area contributed by atoms with E-state index in [1.807, 2.05) is 23.4 Å². The van der Waals surface area contributed by atoms with E-state index in [9.17, 15) is 0 Å². The number of hydrogen-bond donors (Lipinski definition) is 1. The van der Waals surface area contributed by atoms with Gasteiger partial charge in [0.25, 0.3) is 0 Å². The molecule has 5 heteroatoms. The summed E-state index contributed by atoms with van der Waals surface area (Å²) in [7, 11) is 1.98. The Morgan fingerprint density at radius 3 is 3.25 bits per heavy atom. The van der Waals surface area contributed by atoms with Gasteiger partial charge in [-0.25, -0.2) is 0 Å². The summed E-state index contributed by atoms with van der Waals surface area (Å²) in [4.78, 5) is 0. The van der Waals surface area contributed by atoms with Gasteiger partial charge in [0, 0.05) is 18.8 Å². The fourth-order valence-corrected chi connectivity index (χ4v) is 2.30. The fraction of sp³-hybridized carbons (Fsp3) is 0.714. The van der Waals surface area contributed by atoms with E-state index in [4.69, 9.17) is 0 Å². The minimum atomic E-state index is 0.674. The van der Waals surface area contributed by atoms with E-state index >= 15 is 0 Å². The van der Waals surface area contributed by atoms with Crippen LogP contribution >= 0.6 is 11.8 Å². The lowest BCUT2D eigenvalue weighted by Gasteiger charge is -2.05. The zero-order valence-corrected chi connectivity index (χ0v) is 7.84. The average Bonchev–Trinajstić information content (AvgIpc) is 2.65. The van der Waals surface area contributed by atoms with Gasteiger partial charge in [0.15, 0.2) is 5.16 Å². The van der Waals surface area contributed by atoms with Crippen LogP contribution in [0.15, 0.2) is 11.5 Å².